The predicted molar refractivity (Wildman–Crippen MR) is 141 cm³/mol. The third-order valence-electron chi connectivity index (χ3n) is 6.56. The molecule has 2 aromatic carbocycles. The van der Waals surface area contributed by atoms with E-state index in [4.69, 9.17) is 4.42 Å². The van der Waals surface area contributed by atoms with Gasteiger partial charge in [-0.3, -0.25) is 9.59 Å². The van der Waals surface area contributed by atoms with Crippen LogP contribution in [0, 0.1) is 11.3 Å². The molecule has 1 aliphatic heterocycles. The molecule has 0 fully saturated rings. The fourth-order valence-corrected chi connectivity index (χ4v) is 5.00. The molecular formula is C30H33F3N2O3. The van der Waals surface area contributed by atoms with E-state index in [1.807, 2.05) is 30.3 Å². The van der Waals surface area contributed by atoms with Crippen LogP contribution in [0.25, 0.3) is 11.3 Å². The highest BCUT2D eigenvalue weighted by Crippen LogP contribution is 2.32. The van der Waals surface area contributed by atoms with Crippen LogP contribution in [0.2, 0.25) is 0 Å². The van der Waals surface area contributed by atoms with Gasteiger partial charge in [-0.05, 0) is 72.4 Å². The maximum Gasteiger partial charge on any atom is 0.416 e. The van der Waals surface area contributed by atoms with E-state index in [2.05, 4.69) is 33.0 Å². The van der Waals surface area contributed by atoms with Crippen LogP contribution < -0.4 is 5.32 Å². The molecule has 202 valence electrons. The smallest absolute Gasteiger partial charge is 0.416 e. The van der Waals surface area contributed by atoms with Gasteiger partial charge in [0, 0.05) is 48.3 Å². The van der Waals surface area contributed by atoms with Crippen LogP contribution in [0.15, 0.2) is 59.0 Å². The van der Waals surface area contributed by atoms with Crippen LogP contribution >= 0.6 is 0 Å². The number of rotatable bonds is 6. The summed E-state index contributed by atoms with van der Waals surface area (Å²) in [4.78, 5) is 26.9. The van der Waals surface area contributed by atoms with Gasteiger partial charge < -0.3 is 14.6 Å². The number of amides is 2. The molecular weight excluding hydrogens is 493 g/mol. The molecule has 1 atom stereocenters. The number of alkyl halides is 3. The fraction of sp³-hybridized carbons (Fsp3) is 0.400. The molecule has 1 aromatic heterocycles. The number of carbonyl (C=O) groups is 2. The van der Waals surface area contributed by atoms with Gasteiger partial charge in [-0.1, -0.05) is 27.7 Å². The van der Waals surface area contributed by atoms with Crippen molar-refractivity contribution in [1.29, 1.82) is 0 Å². The van der Waals surface area contributed by atoms with E-state index < -0.39 is 11.7 Å². The van der Waals surface area contributed by atoms with Gasteiger partial charge >= 0.3 is 6.18 Å². The van der Waals surface area contributed by atoms with Crippen LogP contribution in [0.5, 0.6) is 0 Å². The highest BCUT2D eigenvalue weighted by Gasteiger charge is 2.31. The number of furan rings is 1. The SMILES string of the molecule is C[C@H](CC(=O)Nc1ccc(-c2cc3c(o2)CCN(C(=O)c2ccc(C(F)(F)F)cc2)C3)cc1)CC(C)(C)C. The summed E-state index contributed by atoms with van der Waals surface area (Å²) >= 11 is 0. The number of carbonyl (C=O) groups excluding carboxylic acids is 2. The van der Waals surface area contributed by atoms with E-state index >= 15 is 0 Å². The molecule has 38 heavy (non-hydrogen) atoms. The van der Waals surface area contributed by atoms with E-state index in [0.717, 1.165) is 35.4 Å². The molecule has 3 aromatic rings. The number of fused-ring (bicyclic) bond motifs is 1. The van der Waals surface area contributed by atoms with Crippen molar-refractivity contribution in [2.75, 3.05) is 11.9 Å². The minimum atomic E-state index is -4.44. The van der Waals surface area contributed by atoms with E-state index in [1.54, 1.807) is 4.90 Å². The topological polar surface area (TPSA) is 62.6 Å². The van der Waals surface area contributed by atoms with E-state index in [-0.39, 0.29) is 28.7 Å². The van der Waals surface area contributed by atoms with Crippen molar-refractivity contribution in [1.82, 2.24) is 4.90 Å². The molecule has 2 heterocycles. The zero-order chi connectivity index (χ0) is 27.7. The molecule has 0 aliphatic carbocycles. The fourth-order valence-electron chi connectivity index (χ4n) is 5.00. The first-order chi connectivity index (χ1) is 17.8. The van der Waals surface area contributed by atoms with Gasteiger partial charge in [0.05, 0.1) is 5.56 Å². The number of hydrogen-bond donors (Lipinski definition) is 1. The van der Waals surface area contributed by atoms with Crippen LogP contribution in [0.1, 0.15) is 67.8 Å². The number of hydrogen-bond acceptors (Lipinski definition) is 3. The van der Waals surface area contributed by atoms with Gasteiger partial charge in [-0.15, -0.1) is 0 Å². The maximum absolute atomic E-state index is 12.9. The van der Waals surface area contributed by atoms with Gasteiger partial charge in [0.15, 0.2) is 0 Å². The van der Waals surface area contributed by atoms with Crippen LogP contribution in [-0.2, 0) is 23.9 Å². The van der Waals surface area contributed by atoms with Crippen molar-refractivity contribution in [2.24, 2.45) is 11.3 Å². The number of nitrogens with zero attached hydrogens (tertiary/aromatic N) is 1. The Morgan fingerprint density at radius 1 is 1.03 bits per heavy atom. The monoisotopic (exact) mass is 526 g/mol. The van der Waals surface area contributed by atoms with Crippen molar-refractivity contribution < 1.29 is 27.2 Å². The van der Waals surface area contributed by atoms with Crippen molar-refractivity contribution in [3.8, 4) is 11.3 Å². The Morgan fingerprint density at radius 2 is 1.68 bits per heavy atom. The van der Waals surface area contributed by atoms with Crippen molar-refractivity contribution in [2.45, 2.75) is 59.7 Å². The summed E-state index contributed by atoms with van der Waals surface area (Å²) in [7, 11) is 0. The Kier molecular flexibility index (Phi) is 7.72. The van der Waals surface area contributed by atoms with Crippen molar-refractivity contribution in [3.05, 3.63) is 77.0 Å². The average Bonchev–Trinajstić information content (AvgIpc) is 3.25. The number of anilines is 1. The molecule has 0 bridgehead atoms. The molecule has 8 heteroatoms. The first kappa shape index (κ1) is 27.5. The van der Waals surface area contributed by atoms with Gasteiger partial charge in [0.25, 0.3) is 5.91 Å². The maximum atomic E-state index is 12.9. The summed E-state index contributed by atoms with van der Waals surface area (Å²) < 4.78 is 44.5. The molecule has 0 radical (unpaired) electrons. The summed E-state index contributed by atoms with van der Waals surface area (Å²) in [6.07, 6.45) is -2.49. The first-order valence-corrected chi connectivity index (χ1v) is 12.8. The van der Waals surface area contributed by atoms with Crippen LogP contribution in [0.4, 0.5) is 18.9 Å². The minimum absolute atomic E-state index is 0.0132. The lowest BCUT2D eigenvalue weighted by atomic mass is 9.84. The Hall–Kier alpha value is -3.55. The van der Waals surface area contributed by atoms with E-state index in [9.17, 15) is 22.8 Å². The third kappa shape index (κ3) is 6.85. The molecule has 2 amide bonds. The standard InChI is InChI=1S/C30H33F3N2O3/c1-19(17-29(2,3)4)15-27(36)34-24-11-7-20(8-12-24)26-16-22-18-35(14-13-25(22)38-26)28(37)21-5-9-23(10-6-21)30(31,32)33/h5-12,16,19H,13-15,17-18H2,1-4H3,(H,34,36)/t19-/m1/s1. The normalized spacial score (nSPS) is 14.7. The first-order valence-electron chi connectivity index (χ1n) is 12.8. The lowest BCUT2D eigenvalue weighted by molar-refractivity contribution is -0.137. The van der Waals surface area contributed by atoms with Crippen molar-refractivity contribution >= 4 is 17.5 Å². The number of halogens is 3. The number of benzene rings is 2. The zero-order valence-corrected chi connectivity index (χ0v) is 22.1. The third-order valence-corrected chi connectivity index (χ3v) is 6.56. The van der Waals surface area contributed by atoms with E-state index in [1.165, 1.54) is 12.1 Å². The summed E-state index contributed by atoms with van der Waals surface area (Å²) in [6.45, 7) is 9.33. The highest BCUT2D eigenvalue weighted by atomic mass is 19.4. The molecule has 1 aliphatic rings. The number of nitrogens with one attached hydrogen (secondary N) is 1. The molecule has 1 N–H and O–H groups in total. The predicted octanol–water partition coefficient (Wildman–Crippen LogP) is 7.56. The van der Waals surface area contributed by atoms with E-state index in [0.29, 0.717) is 37.4 Å². The van der Waals surface area contributed by atoms with Gasteiger partial charge in [0.2, 0.25) is 5.91 Å². The minimum Gasteiger partial charge on any atom is -0.461 e. The molecule has 0 unspecified atom stereocenters. The quantitative estimate of drug-likeness (QED) is 0.360. The molecule has 4 rings (SSSR count). The average molecular weight is 527 g/mol. The summed E-state index contributed by atoms with van der Waals surface area (Å²) in [5, 5.41) is 2.96. The Bertz CT molecular complexity index is 1290. The largest absolute Gasteiger partial charge is 0.461 e. The second-order valence-corrected chi connectivity index (χ2v) is 11.3. The Morgan fingerprint density at radius 3 is 2.29 bits per heavy atom. The summed E-state index contributed by atoms with van der Waals surface area (Å²) in [6, 6.07) is 13.6. The second kappa shape index (κ2) is 10.7. The van der Waals surface area contributed by atoms with Crippen molar-refractivity contribution in [3.63, 3.8) is 0 Å². The molecule has 5 nitrogen and oxygen atoms in total. The Balaban J connectivity index is 1.37. The molecule has 0 spiro atoms. The molecule has 0 saturated carbocycles. The second-order valence-electron chi connectivity index (χ2n) is 11.3. The summed E-state index contributed by atoms with van der Waals surface area (Å²) in [5.41, 5.74) is 2.05. The van der Waals surface area contributed by atoms with Gasteiger partial charge in [0.1, 0.15) is 11.5 Å². The lowest BCUT2D eigenvalue weighted by Gasteiger charge is -2.26. The molecule has 0 saturated heterocycles. The van der Waals surface area contributed by atoms with Gasteiger partial charge in [-0.2, -0.15) is 13.2 Å². The zero-order valence-electron chi connectivity index (χ0n) is 22.1. The van der Waals surface area contributed by atoms with Crippen LogP contribution in [0.3, 0.4) is 0 Å². The Labute approximate surface area is 221 Å². The highest BCUT2D eigenvalue weighted by molar-refractivity contribution is 5.94. The summed E-state index contributed by atoms with van der Waals surface area (Å²) in [5.74, 6) is 1.41. The lowest BCUT2D eigenvalue weighted by Crippen LogP contribution is -2.35. The van der Waals surface area contributed by atoms with Gasteiger partial charge in [-0.25, -0.2) is 0 Å². The van der Waals surface area contributed by atoms with Crippen LogP contribution in [-0.4, -0.2) is 23.3 Å².